The van der Waals surface area contributed by atoms with Crippen LogP contribution in [-0.2, 0) is 5.60 Å². The summed E-state index contributed by atoms with van der Waals surface area (Å²) in [6.45, 7) is 3.64. The van der Waals surface area contributed by atoms with Crippen LogP contribution in [0.25, 0.3) is 28.1 Å². The number of nitrogens with zero attached hydrogens (tertiary/aromatic N) is 2. The van der Waals surface area contributed by atoms with Gasteiger partial charge in [-0.05, 0) is 67.4 Å². The Hall–Kier alpha value is -2.99. The van der Waals surface area contributed by atoms with E-state index in [1.54, 1.807) is 22.9 Å². The summed E-state index contributed by atoms with van der Waals surface area (Å²) in [6.07, 6.45) is 0. The minimum atomic E-state index is -1.15. The molecule has 0 saturated heterocycles. The summed E-state index contributed by atoms with van der Waals surface area (Å²) in [5.74, 6) is -0.543. The molecule has 1 aliphatic rings. The van der Waals surface area contributed by atoms with Crippen LogP contribution in [0.5, 0.6) is 5.75 Å². The summed E-state index contributed by atoms with van der Waals surface area (Å²) >= 11 is 18.7. The lowest BCUT2D eigenvalue weighted by molar-refractivity contribution is 0.0665. The van der Waals surface area contributed by atoms with E-state index < -0.39 is 11.6 Å². The van der Waals surface area contributed by atoms with Crippen molar-refractivity contribution in [3.63, 3.8) is 0 Å². The number of fused-ring (bicyclic) bond motifs is 3. The van der Waals surface area contributed by atoms with Crippen LogP contribution in [0.1, 0.15) is 29.9 Å². The van der Waals surface area contributed by atoms with Crippen molar-refractivity contribution in [1.29, 1.82) is 0 Å². The Morgan fingerprint density at radius 2 is 1.70 bits per heavy atom. The van der Waals surface area contributed by atoms with Gasteiger partial charge in [0.25, 0.3) is 0 Å². The Balaban J connectivity index is 1.79. The van der Waals surface area contributed by atoms with Crippen LogP contribution in [0.2, 0.25) is 15.1 Å². The highest BCUT2D eigenvalue weighted by molar-refractivity contribution is 6.35. The highest BCUT2D eigenvalue weighted by atomic mass is 35.5. The van der Waals surface area contributed by atoms with Gasteiger partial charge in [0, 0.05) is 15.6 Å². The van der Waals surface area contributed by atoms with E-state index >= 15 is 0 Å². The van der Waals surface area contributed by atoms with Crippen molar-refractivity contribution in [3.8, 4) is 33.8 Å². The second kappa shape index (κ2) is 7.80. The molecule has 5 nitrogen and oxygen atoms in total. The fourth-order valence-electron chi connectivity index (χ4n) is 4.19. The number of carboxylic acid groups (broad SMARTS) is 1. The second-order valence-electron chi connectivity index (χ2n) is 8.22. The molecule has 33 heavy (non-hydrogen) atoms. The van der Waals surface area contributed by atoms with Crippen molar-refractivity contribution in [2.45, 2.75) is 19.4 Å². The van der Waals surface area contributed by atoms with Crippen LogP contribution in [0, 0.1) is 0 Å². The zero-order chi connectivity index (χ0) is 23.5. The minimum Gasteiger partial charge on any atom is -0.482 e. The summed E-state index contributed by atoms with van der Waals surface area (Å²) in [5.41, 5.74) is 3.13. The molecule has 5 rings (SSSR count). The van der Waals surface area contributed by atoms with E-state index in [0.29, 0.717) is 43.3 Å². The van der Waals surface area contributed by atoms with Crippen LogP contribution < -0.4 is 4.74 Å². The molecule has 2 heterocycles. The number of benzene rings is 3. The summed E-state index contributed by atoms with van der Waals surface area (Å²) in [5, 5.41) is 15.8. The van der Waals surface area contributed by atoms with Crippen LogP contribution in [0.3, 0.4) is 0 Å². The SMILES string of the molecule is CC1(C)Oc2cc(-c3cccc(Cl)c3)ccc2-c2c1c(C(=O)O)nn2-c1ccc(Cl)cc1Cl. The van der Waals surface area contributed by atoms with Crippen molar-refractivity contribution in [2.24, 2.45) is 0 Å². The monoisotopic (exact) mass is 498 g/mol. The third kappa shape index (κ3) is 3.66. The topological polar surface area (TPSA) is 64.3 Å². The molecule has 1 N–H and O–H groups in total. The number of halogens is 3. The van der Waals surface area contributed by atoms with Gasteiger partial charge < -0.3 is 9.84 Å². The van der Waals surface area contributed by atoms with Gasteiger partial charge in [0.1, 0.15) is 11.4 Å². The van der Waals surface area contributed by atoms with Gasteiger partial charge in [0.15, 0.2) is 5.69 Å². The fourth-order valence-corrected chi connectivity index (χ4v) is 4.87. The quantitative estimate of drug-likeness (QED) is 0.317. The van der Waals surface area contributed by atoms with E-state index in [2.05, 4.69) is 5.10 Å². The molecular weight excluding hydrogens is 483 g/mol. The van der Waals surface area contributed by atoms with Crippen molar-refractivity contribution >= 4 is 40.8 Å². The predicted molar refractivity (Wildman–Crippen MR) is 130 cm³/mol. The first-order chi connectivity index (χ1) is 15.7. The molecule has 0 aliphatic carbocycles. The van der Waals surface area contributed by atoms with Gasteiger partial charge in [-0.15, -0.1) is 0 Å². The van der Waals surface area contributed by atoms with Crippen molar-refractivity contribution < 1.29 is 14.6 Å². The number of rotatable bonds is 3. The maximum atomic E-state index is 12.1. The zero-order valence-electron chi connectivity index (χ0n) is 17.6. The average molecular weight is 500 g/mol. The van der Waals surface area contributed by atoms with Gasteiger partial charge >= 0.3 is 5.97 Å². The van der Waals surface area contributed by atoms with Crippen molar-refractivity contribution in [3.05, 3.63) is 87.0 Å². The normalized spacial score (nSPS) is 13.7. The smallest absolute Gasteiger partial charge is 0.356 e. The fraction of sp³-hybridized carbons (Fsp3) is 0.120. The van der Waals surface area contributed by atoms with Crippen LogP contribution in [-0.4, -0.2) is 20.9 Å². The number of carboxylic acids is 1. The largest absolute Gasteiger partial charge is 0.482 e. The molecule has 1 aliphatic heterocycles. The Morgan fingerprint density at radius 3 is 2.39 bits per heavy atom. The van der Waals surface area contributed by atoms with Gasteiger partial charge in [-0.2, -0.15) is 5.10 Å². The van der Waals surface area contributed by atoms with Crippen molar-refractivity contribution in [2.75, 3.05) is 0 Å². The first-order valence-electron chi connectivity index (χ1n) is 10.1. The number of aromatic carboxylic acids is 1. The minimum absolute atomic E-state index is 0.0921. The third-order valence-corrected chi connectivity index (χ3v) is 6.36. The Morgan fingerprint density at radius 1 is 0.970 bits per heavy atom. The van der Waals surface area contributed by atoms with E-state index in [4.69, 9.17) is 39.5 Å². The number of aromatic nitrogens is 2. The maximum Gasteiger partial charge on any atom is 0.356 e. The van der Waals surface area contributed by atoms with Crippen LogP contribution in [0.15, 0.2) is 60.7 Å². The number of hydrogen-bond donors (Lipinski definition) is 1. The molecule has 1 aromatic heterocycles. The highest BCUT2D eigenvalue weighted by Crippen LogP contribution is 2.49. The number of ether oxygens (including phenoxy) is 1. The van der Waals surface area contributed by atoms with Gasteiger partial charge in [-0.3, -0.25) is 0 Å². The lowest BCUT2D eigenvalue weighted by Crippen LogP contribution is -2.31. The van der Waals surface area contributed by atoms with E-state index in [1.807, 2.05) is 56.3 Å². The van der Waals surface area contributed by atoms with E-state index in [0.717, 1.165) is 11.1 Å². The van der Waals surface area contributed by atoms with Crippen molar-refractivity contribution in [1.82, 2.24) is 9.78 Å². The van der Waals surface area contributed by atoms with Gasteiger partial charge in [-0.25, -0.2) is 9.48 Å². The van der Waals surface area contributed by atoms with E-state index in [9.17, 15) is 9.90 Å². The molecular formula is C25H17Cl3N2O3. The molecule has 0 radical (unpaired) electrons. The molecule has 0 saturated carbocycles. The van der Waals surface area contributed by atoms with Gasteiger partial charge in [-0.1, -0.05) is 53.0 Å². The lowest BCUT2D eigenvalue weighted by atomic mass is 9.88. The molecule has 0 spiro atoms. The summed E-state index contributed by atoms with van der Waals surface area (Å²) in [7, 11) is 0. The Kier molecular flexibility index (Phi) is 5.16. The summed E-state index contributed by atoms with van der Waals surface area (Å²) in [4.78, 5) is 12.1. The molecule has 8 heteroatoms. The molecule has 0 unspecified atom stereocenters. The summed E-state index contributed by atoms with van der Waals surface area (Å²) in [6, 6.07) is 18.3. The molecule has 4 aromatic rings. The summed E-state index contributed by atoms with van der Waals surface area (Å²) < 4.78 is 7.88. The molecule has 3 aromatic carbocycles. The Labute approximate surface area is 205 Å². The highest BCUT2D eigenvalue weighted by Gasteiger charge is 2.41. The number of hydrogen-bond acceptors (Lipinski definition) is 3. The standard InChI is InChI=1S/C25H17Cl3N2O3/c1-25(2)21-22(24(31)32)29-30(19-9-7-16(27)12-18(19)28)23(21)17-8-6-14(11-20(17)33-25)13-4-3-5-15(26)10-13/h3-12H,1-2H3,(H,31,32). The first kappa shape index (κ1) is 21.8. The third-order valence-electron chi connectivity index (χ3n) is 5.59. The maximum absolute atomic E-state index is 12.1. The molecule has 0 fully saturated rings. The first-order valence-corrected chi connectivity index (χ1v) is 11.2. The van der Waals surface area contributed by atoms with Gasteiger partial charge in [0.2, 0.25) is 0 Å². The predicted octanol–water partition coefficient (Wildman–Crippen LogP) is 7.49. The van der Waals surface area contributed by atoms with E-state index in [-0.39, 0.29) is 5.69 Å². The van der Waals surface area contributed by atoms with Gasteiger partial charge in [0.05, 0.1) is 22.0 Å². The molecule has 0 bridgehead atoms. The zero-order valence-corrected chi connectivity index (χ0v) is 19.8. The Bertz CT molecular complexity index is 1440. The molecule has 166 valence electrons. The molecule has 0 atom stereocenters. The van der Waals surface area contributed by atoms with Crippen LogP contribution >= 0.6 is 34.8 Å². The number of carbonyl (C=O) groups is 1. The molecule has 0 amide bonds. The lowest BCUT2D eigenvalue weighted by Gasteiger charge is -2.33. The second-order valence-corrected chi connectivity index (χ2v) is 9.50. The average Bonchev–Trinajstić information content (AvgIpc) is 3.15. The van der Waals surface area contributed by atoms with E-state index in [1.165, 1.54) is 0 Å². The van der Waals surface area contributed by atoms with Crippen LogP contribution in [0.4, 0.5) is 0 Å².